The summed E-state index contributed by atoms with van der Waals surface area (Å²) < 4.78 is 16.3. The molecule has 0 aliphatic heterocycles. The first-order chi connectivity index (χ1) is 13.1. The molecule has 1 fully saturated rings. The van der Waals surface area contributed by atoms with Crippen molar-refractivity contribution in [3.05, 3.63) is 54.3 Å². The number of rotatable bonds is 4. The Kier molecular flexibility index (Phi) is 4.92. The van der Waals surface area contributed by atoms with E-state index in [0.717, 1.165) is 23.9 Å². The summed E-state index contributed by atoms with van der Waals surface area (Å²) in [5.41, 5.74) is 2.03. The van der Waals surface area contributed by atoms with Gasteiger partial charge in [0.1, 0.15) is 18.2 Å². The standard InChI is InChI=1S/C22H24FN3O/c1-25(16-9-3-2-4-10-16)21(27)15-26-20-14-8-7-13-19(20)24-22(26)17-11-5-6-12-18(17)23/h5-8,11-14,16H,2-4,9-10,15H2,1H3. The molecule has 1 aromatic heterocycles. The van der Waals surface area contributed by atoms with Gasteiger partial charge in [0.2, 0.25) is 5.91 Å². The molecule has 0 bridgehead atoms. The number of carbonyl (C=O) groups is 1. The average molecular weight is 365 g/mol. The van der Waals surface area contributed by atoms with Crippen molar-refractivity contribution >= 4 is 16.9 Å². The van der Waals surface area contributed by atoms with Crippen molar-refractivity contribution in [2.24, 2.45) is 0 Å². The summed E-state index contributed by atoms with van der Waals surface area (Å²) in [6.07, 6.45) is 5.73. The Morgan fingerprint density at radius 1 is 1.11 bits per heavy atom. The van der Waals surface area contributed by atoms with E-state index < -0.39 is 0 Å². The third-order valence-corrected chi connectivity index (χ3v) is 5.58. The van der Waals surface area contributed by atoms with E-state index >= 15 is 0 Å². The molecule has 2 aromatic carbocycles. The van der Waals surface area contributed by atoms with Crippen LogP contribution in [0.4, 0.5) is 4.39 Å². The summed E-state index contributed by atoms with van der Waals surface area (Å²) in [5, 5.41) is 0. The number of para-hydroxylation sites is 2. The number of likely N-dealkylation sites (N-methyl/N-ethyl adjacent to an activating group) is 1. The monoisotopic (exact) mass is 365 g/mol. The minimum Gasteiger partial charge on any atom is -0.341 e. The number of halogens is 1. The zero-order valence-electron chi connectivity index (χ0n) is 15.6. The van der Waals surface area contributed by atoms with E-state index in [2.05, 4.69) is 4.98 Å². The first-order valence-electron chi connectivity index (χ1n) is 9.61. The minimum absolute atomic E-state index is 0.0441. The van der Waals surface area contributed by atoms with Gasteiger partial charge < -0.3 is 9.47 Å². The molecule has 1 amide bonds. The Bertz CT molecular complexity index is 959. The van der Waals surface area contributed by atoms with Gasteiger partial charge in [0.05, 0.1) is 16.6 Å². The van der Waals surface area contributed by atoms with Crippen molar-refractivity contribution in [2.45, 2.75) is 44.7 Å². The molecule has 0 radical (unpaired) electrons. The Balaban J connectivity index is 1.71. The van der Waals surface area contributed by atoms with Crippen LogP contribution >= 0.6 is 0 Å². The number of nitrogens with zero attached hydrogens (tertiary/aromatic N) is 3. The number of aromatic nitrogens is 2. The summed E-state index contributed by atoms with van der Waals surface area (Å²) in [6, 6.07) is 14.5. The molecule has 1 aliphatic carbocycles. The highest BCUT2D eigenvalue weighted by atomic mass is 19.1. The maximum absolute atomic E-state index is 14.4. The first kappa shape index (κ1) is 17.7. The number of amides is 1. The molecule has 1 heterocycles. The number of carbonyl (C=O) groups excluding carboxylic acids is 1. The molecule has 0 saturated heterocycles. The number of hydrogen-bond acceptors (Lipinski definition) is 2. The topological polar surface area (TPSA) is 38.1 Å². The zero-order chi connectivity index (χ0) is 18.8. The van der Waals surface area contributed by atoms with Crippen LogP contribution in [-0.2, 0) is 11.3 Å². The lowest BCUT2D eigenvalue weighted by atomic mass is 9.94. The van der Waals surface area contributed by atoms with Gasteiger partial charge in [-0.25, -0.2) is 9.37 Å². The molecule has 5 heteroatoms. The van der Waals surface area contributed by atoms with Gasteiger partial charge in [-0.2, -0.15) is 0 Å². The van der Waals surface area contributed by atoms with Crippen molar-refractivity contribution in [1.82, 2.24) is 14.5 Å². The van der Waals surface area contributed by atoms with Gasteiger partial charge in [0, 0.05) is 13.1 Å². The van der Waals surface area contributed by atoms with Crippen molar-refractivity contribution in [3.63, 3.8) is 0 Å². The number of hydrogen-bond donors (Lipinski definition) is 0. The van der Waals surface area contributed by atoms with E-state index in [0.29, 0.717) is 17.4 Å². The van der Waals surface area contributed by atoms with E-state index in [9.17, 15) is 9.18 Å². The quantitative estimate of drug-likeness (QED) is 0.676. The van der Waals surface area contributed by atoms with Gasteiger partial charge in [0.25, 0.3) is 0 Å². The van der Waals surface area contributed by atoms with Crippen LogP contribution in [-0.4, -0.2) is 33.4 Å². The van der Waals surface area contributed by atoms with Crippen molar-refractivity contribution in [1.29, 1.82) is 0 Å². The summed E-state index contributed by atoms with van der Waals surface area (Å²) in [7, 11) is 1.89. The predicted octanol–water partition coefficient (Wildman–Crippen LogP) is 4.63. The fraction of sp³-hybridized carbons (Fsp3) is 0.364. The van der Waals surface area contributed by atoms with Crippen LogP contribution in [0.1, 0.15) is 32.1 Å². The molecule has 4 rings (SSSR count). The van der Waals surface area contributed by atoms with Gasteiger partial charge in [0.15, 0.2) is 0 Å². The number of fused-ring (bicyclic) bond motifs is 1. The highest BCUT2D eigenvalue weighted by Gasteiger charge is 2.24. The van der Waals surface area contributed by atoms with Crippen LogP contribution in [0.15, 0.2) is 48.5 Å². The fourth-order valence-electron chi connectivity index (χ4n) is 4.00. The zero-order valence-corrected chi connectivity index (χ0v) is 15.6. The molecule has 1 aliphatic rings. The van der Waals surface area contributed by atoms with Gasteiger partial charge in [-0.1, -0.05) is 43.5 Å². The third-order valence-electron chi connectivity index (χ3n) is 5.58. The molecule has 27 heavy (non-hydrogen) atoms. The van der Waals surface area contributed by atoms with Crippen LogP contribution in [0.2, 0.25) is 0 Å². The maximum atomic E-state index is 14.4. The SMILES string of the molecule is CN(C(=O)Cn1c(-c2ccccc2F)nc2ccccc21)C1CCCCC1. The van der Waals surface area contributed by atoms with Gasteiger partial charge in [-0.15, -0.1) is 0 Å². The predicted molar refractivity (Wildman–Crippen MR) is 105 cm³/mol. The van der Waals surface area contributed by atoms with E-state index in [1.54, 1.807) is 18.2 Å². The Hall–Kier alpha value is -2.69. The highest BCUT2D eigenvalue weighted by molar-refractivity contribution is 5.84. The smallest absolute Gasteiger partial charge is 0.242 e. The van der Waals surface area contributed by atoms with Crippen LogP contribution in [0, 0.1) is 5.82 Å². The lowest BCUT2D eigenvalue weighted by Gasteiger charge is -2.31. The molecule has 1 saturated carbocycles. The Morgan fingerprint density at radius 2 is 1.81 bits per heavy atom. The molecule has 4 nitrogen and oxygen atoms in total. The van der Waals surface area contributed by atoms with Crippen molar-refractivity contribution < 1.29 is 9.18 Å². The third kappa shape index (κ3) is 3.46. The largest absolute Gasteiger partial charge is 0.341 e. The van der Waals surface area contributed by atoms with Gasteiger partial charge in [-0.3, -0.25) is 4.79 Å². The van der Waals surface area contributed by atoms with Crippen LogP contribution in [0.25, 0.3) is 22.4 Å². The average Bonchev–Trinajstić information content (AvgIpc) is 3.06. The van der Waals surface area contributed by atoms with E-state index in [4.69, 9.17) is 0 Å². The van der Waals surface area contributed by atoms with Crippen LogP contribution in [0.5, 0.6) is 0 Å². The first-order valence-corrected chi connectivity index (χ1v) is 9.61. The maximum Gasteiger partial charge on any atom is 0.242 e. The Morgan fingerprint density at radius 3 is 2.59 bits per heavy atom. The van der Waals surface area contributed by atoms with Crippen LogP contribution in [0.3, 0.4) is 0 Å². The molecule has 0 N–H and O–H groups in total. The molecule has 0 spiro atoms. The summed E-state index contributed by atoms with van der Waals surface area (Å²) in [6.45, 7) is 0.164. The second-order valence-corrected chi connectivity index (χ2v) is 7.29. The summed E-state index contributed by atoms with van der Waals surface area (Å²) in [5.74, 6) is 0.212. The minimum atomic E-state index is -0.331. The van der Waals surface area contributed by atoms with Crippen molar-refractivity contribution in [2.75, 3.05) is 7.05 Å². The van der Waals surface area contributed by atoms with E-state index in [1.165, 1.54) is 25.3 Å². The molecule has 0 unspecified atom stereocenters. The fourth-order valence-corrected chi connectivity index (χ4v) is 4.00. The normalized spacial score (nSPS) is 15.2. The highest BCUT2D eigenvalue weighted by Crippen LogP contribution is 2.28. The molecule has 0 atom stereocenters. The number of imidazole rings is 1. The lowest BCUT2D eigenvalue weighted by molar-refractivity contribution is -0.133. The molecular weight excluding hydrogens is 341 g/mol. The molecular formula is C22H24FN3O. The Labute approximate surface area is 158 Å². The van der Waals surface area contributed by atoms with Gasteiger partial charge in [-0.05, 0) is 37.1 Å². The van der Waals surface area contributed by atoms with E-state index in [-0.39, 0.29) is 18.3 Å². The summed E-state index contributed by atoms with van der Waals surface area (Å²) >= 11 is 0. The van der Waals surface area contributed by atoms with Gasteiger partial charge >= 0.3 is 0 Å². The molecule has 140 valence electrons. The second kappa shape index (κ2) is 7.51. The lowest BCUT2D eigenvalue weighted by Crippen LogP contribution is -2.40. The number of benzene rings is 2. The van der Waals surface area contributed by atoms with Crippen molar-refractivity contribution in [3.8, 4) is 11.4 Å². The van der Waals surface area contributed by atoms with E-state index in [1.807, 2.05) is 40.8 Å². The summed E-state index contributed by atoms with van der Waals surface area (Å²) in [4.78, 5) is 19.5. The second-order valence-electron chi connectivity index (χ2n) is 7.29. The molecule has 3 aromatic rings. The van der Waals surface area contributed by atoms with Crippen LogP contribution < -0.4 is 0 Å².